The number of nitrogens with one attached hydrogen (secondary N) is 2. The molecule has 0 saturated carbocycles. The highest BCUT2D eigenvalue weighted by Crippen LogP contribution is 2.44. The second-order valence-electron chi connectivity index (χ2n) is 9.41. The number of fused-ring (bicyclic) bond motifs is 3. The molecule has 0 bridgehead atoms. The summed E-state index contributed by atoms with van der Waals surface area (Å²) < 4.78 is 5.62. The van der Waals surface area contributed by atoms with Crippen molar-refractivity contribution >= 4 is 18.0 Å². The molecule has 0 saturated heterocycles. The smallest absolute Gasteiger partial charge is 0.407 e. The molecule has 7 heteroatoms. The SMILES string of the molecule is CCC(CC)(CNC(=O)OCC1c2ccccc2-c2ccccc21)C(=O)NCCC(C)CC(=O)O. The molecule has 0 aliphatic heterocycles. The number of aliphatic carboxylic acids is 1. The number of carbonyl (C=O) groups is 3. The van der Waals surface area contributed by atoms with E-state index in [-0.39, 0.29) is 37.3 Å². The van der Waals surface area contributed by atoms with E-state index in [1.165, 1.54) is 11.1 Å². The second-order valence-corrected chi connectivity index (χ2v) is 9.41. The highest BCUT2D eigenvalue weighted by Gasteiger charge is 2.35. The highest BCUT2D eigenvalue weighted by atomic mass is 16.5. The molecule has 1 aliphatic rings. The molecule has 188 valence electrons. The molecule has 35 heavy (non-hydrogen) atoms. The molecule has 0 heterocycles. The third-order valence-corrected chi connectivity index (χ3v) is 7.20. The van der Waals surface area contributed by atoms with Crippen molar-refractivity contribution in [2.45, 2.75) is 52.4 Å². The van der Waals surface area contributed by atoms with E-state index in [9.17, 15) is 14.4 Å². The summed E-state index contributed by atoms with van der Waals surface area (Å²) in [5.41, 5.74) is 3.88. The molecule has 2 aromatic carbocycles. The van der Waals surface area contributed by atoms with Crippen LogP contribution in [0.25, 0.3) is 11.1 Å². The van der Waals surface area contributed by atoms with Gasteiger partial charge in [-0.15, -0.1) is 0 Å². The largest absolute Gasteiger partial charge is 0.481 e. The molecule has 0 radical (unpaired) electrons. The Morgan fingerprint density at radius 3 is 2.09 bits per heavy atom. The molecule has 0 fully saturated rings. The maximum absolute atomic E-state index is 13.0. The first-order valence-electron chi connectivity index (χ1n) is 12.4. The van der Waals surface area contributed by atoms with Gasteiger partial charge in [0.2, 0.25) is 5.91 Å². The van der Waals surface area contributed by atoms with E-state index in [0.717, 1.165) is 11.1 Å². The van der Waals surface area contributed by atoms with Crippen molar-refractivity contribution in [3.8, 4) is 11.1 Å². The van der Waals surface area contributed by atoms with Crippen molar-refractivity contribution in [1.82, 2.24) is 10.6 Å². The van der Waals surface area contributed by atoms with Crippen LogP contribution in [0.1, 0.15) is 63.5 Å². The number of hydrogen-bond acceptors (Lipinski definition) is 4. The summed E-state index contributed by atoms with van der Waals surface area (Å²) in [7, 11) is 0. The van der Waals surface area contributed by atoms with E-state index >= 15 is 0 Å². The topological polar surface area (TPSA) is 105 Å². The lowest BCUT2D eigenvalue weighted by molar-refractivity contribution is -0.138. The number of hydrogen-bond donors (Lipinski definition) is 3. The summed E-state index contributed by atoms with van der Waals surface area (Å²) >= 11 is 0. The number of carboxylic acid groups (broad SMARTS) is 1. The molecule has 0 spiro atoms. The lowest BCUT2D eigenvalue weighted by atomic mass is 9.81. The van der Waals surface area contributed by atoms with Gasteiger partial charge >= 0.3 is 12.1 Å². The fourth-order valence-corrected chi connectivity index (χ4v) is 4.81. The Bertz CT molecular complexity index is 1000. The summed E-state index contributed by atoms with van der Waals surface area (Å²) in [6.07, 6.45) is 1.24. The summed E-state index contributed by atoms with van der Waals surface area (Å²) in [6.45, 7) is 6.50. The fourth-order valence-electron chi connectivity index (χ4n) is 4.81. The zero-order chi connectivity index (χ0) is 25.4. The Kier molecular flexibility index (Phi) is 8.90. The van der Waals surface area contributed by atoms with E-state index in [2.05, 4.69) is 34.9 Å². The van der Waals surface area contributed by atoms with Gasteiger partial charge in [-0.3, -0.25) is 9.59 Å². The van der Waals surface area contributed by atoms with Crippen molar-refractivity contribution < 1.29 is 24.2 Å². The van der Waals surface area contributed by atoms with E-state index in [1.54, 1.807) is 0 Å². The van der Waals surface area contributed by atoms with Gasteiger partial charge < -0.3 is 20.5 Å². The number of ether oxygens (including phenoxy) is 1. The van der Waals surface area contributed by atoms with Crippen LogP contribution in [0.5, 0.6) is 0 Å². The number of benzene rings is 2. The van der Waals surface area contributed by atoms with Crippen molar-refractivity contribution in [2.75, 3.05) is 19.7 Å². The Morgan fingerprint density at radius 1 is 0.971 bits per heavy atom. The van der Waals surface area contributed by atoms with Crippen LogP contribution in [0, 0.1) is 11.3 Å². The minimum Gasteiger partial charge on any atom is -0.481 e. The van der Waals surface area contributed by atoms with Crippen LogP contribution in [0.15, 0.2) is 48.5 Å². The van der Waals surface area contributed by atoms with Crippen LogP contribution in [0.4, 0.5) is 4.79 Å². The molecule has 3 N–H and O–H groups in total. The number of alkyl carbamates (subject to hydrolysis) is 1. The lowest BCUT2D eigenvalue weighted by Gasteiger charge is -2.30. The molecule has 7 nitrogen and oxygen atoms in total. The van der Waals surface area contributed by atoms with Gasteiger partial charge in [-0.05, 0) is 47.4 Å². The van der Waals surface area contributed by atoms with Gasteiger partial charge in [0.1, 0.15) is 6.61 Å². The normalized spacial score (nSPS) is 13.5. The molecule has 1 atom stereocenters. The maximum atomic E-state index is 13.0. The summed E-state index contributed by atoms with van der Waals surface area (Å²) in [6, 6.07) is 16.3. The number of carbonyl (C=O) groups excluding carboxylic acids is 2. The minimum absolute atomic E-state index is 0.0219. The third-order valence-electron chi connectivity index (χ3n) is 7.20. The van der Waals surface area contributed by atoms with Crippen molar-refractivity contribution in [3.05, 3.63) is 59.7 Å². The van der Waals surface area contributed by atoms with Crippen molar-refractivity contribution in [1.29, 1.82) is 0 Å². The Balaban J connectivity index is 1.54. The lowest BCUT2D eigenvalue weighted by Crippen LogP contribution is -2.48. The Labute approximate surface area is 207 Å². The minimum atomic E-state index is -0.840. The maximum Gasteiger partial charge on any atom is 0.407 e. The van der Waals surface area contributed by atoms with Gasteiger partial charge in [-0.1, -0.05) is 69.3 Å². The molecule has 0 aromatic heterocycles. The highest BCUT2D eigenvalue weighted by molar-refractivity contribution is 5.83. The van der Waals surface area contributed by atoms with Gasteiger partial charge in [0.15, 0.2) is 0 Å². The van der Waals surface area contributed by atoms with Crippen molar-refractivity contribution in [3.63, 3.8) is 0 Å². The van der Waals surface area contributed by atoms with Gasteiger partial charge in [0.05, 0.1) is 5.41 Å². The van der Waals surface area contributed by atoms with Crippen LogP contribution in [0.3, 0.4) is 0 Å². The quantitative estimate of drug-likeness (QED) is 0.399. The summed E-state index contributed by atoms with van der Waals surface area (Å²) in [4.78, 5) is 36.4. The molecule has 2 amide bonds. The van der Waals surface area contributed by atoms with Crippen LogP contribution in [-0.4, -0.2) is 42.8 Å². The number of carboxylic acids is 1. The Morgan fingerprint density at radius 2 is 1.54 bits per heavy atom. The van der Waals surface area contributed by atoms with Gasteiger partial charge in [0.25, 0.3) is 0 Å². The standard InChI is InChI=1S/C28H36N2O5/c1-4-28(5-2,26(33)29-15-14-19(3)16-25(31)32)18-30-27(34)35-17-24-22-12-8-6-10-20(22)21-11-7-9-13-23(21)24/h6-13,19,24H,4-5,14-18H2,1-3H3,(H,29,33)(H,30,34)(H,31,32). The second kappa shape index (κ2) is 11.9. The van der Waals surface area contributed by atoms with Crippen LogP contribution < -0.4 is 10.6 Å². The van der Waals surface area contributed by atoms with E-state index in [0.29, 0.717) is 25.8 Å². The first-order chi connectivity index (χ1) is 16.8. The van der Waals surface area contributed by atoms with Gasteiger partial charge in [-0.2, -0.15) is 0 Å². The monoisotopic (exact) mass is 480 g/mol. The molecular formula is C28H36N2O5. The van der Waals surface area contributed by atoms with Gasteiger partial charge in [-0.25, -0.2) is 4.79 Å². The van der Waals surface area contributed by atoms with Crippen LogP contribution in [0.2, 0.25) is 0 Å². The molecule has 2 aromatic rings. The van der Waals surface area contributed by atoms with Gasteiger partial charge in [0, 0.05) is 25.4 Å². The molecular weight excluding hydrogens is 444 g/mol. The summed E-state index contributed by atoms with van der Waals surface area (Å²) in [5.74, 6) is -1.02. The van der Waals surface area contributed by atoms with E-state index in [1.807, 2.05) is 45.0 Å². The first-order valence-corrected chi connectivity index (χ1v) is 12.4. The average molecular weight is 481 g/mol. The number of amides is 2. The van der Waals surface area contributed by atoms with E-state index in [4.69, 9.17) is 9.84 Å². The predicted molar refractivity (Wildman–Crippen MR) is 135 cm³/mol. The molecule has 1 unspecified atom stereocenters. The number of rotatable bonds is 12. The Hall–Kier alpha value is -3.35. The van der Waals surface area contributed by atoms with Crippen LogP contribution >= 0.6 is 0 Å². The summed E-state index contributed by atoms with van der Waals surface area (Å²) in [5, 5.41) is 14.6. The third kappa shape index (κ3) is 6.21. The van der Waals surface area contributed by atoms with Crippen molar-refractivity contribution in [2.24, 2.45) is 11.3 Å². The molecule has 1 aliphatic carbocycles. The zero-order valence-electron chi connectivity index (χ0n) is 20.8. The first kappa shape index (κ1) is 26.3. The zero-order valence-corrected chi connectivity index (χ0v) is 20.8. The molecule has 3 rings (SSSR count). The van der Waals surface area contributed by atoms with Crippen LogP contribution in [-0.2, 0) is 14.3 Å². The average Bonchev–Trinajstić information content (AvgIpc) is 3.17. The predicted octanol–water partition coefficient (Wildman–Crippen LogP) is 4.95. The van der Waals surface area contributed by atoms with E-state index < -0.39 is 17.5 Å². The fraction of sp³-hybridized carbons (Fsp3) is 0.464.